The zero-order valence-corrected chi connectivity index (χ0v) is 20.8. The molecule has 188 valence electrons. The van der Waals surface area contributed by atoms with Crippen LogP contribution in [0.15, 0.2) is 59.6 Å². The molecule has 0 unspecified atom stereocenters. The van der Waals surface area contributed by atoms with Gasteiger partial charge in [-0.1, -0.05) is 42.5 Å². The van der Waals surface area contributed by atoms with Gasteiger partial charge in [-0.15, -0.1) is 4.99 Å². The predicted molar refractivity (Wildman–Crippen MR) is 137 cm³/mol. The van der Waals surface area contributed by atoms with E-state index in [1.54, 1.807) is 26.2 Å². The third kappa shape index (κ3) is 6.32. The van der Waals surface area contributed by atoms with Crippen LogP contribution in [0.4, 0.5) is 4.79 Å². The van der Waals surface area contributed by atoms with E-state index in [0.717, 1.165) is 25.7 Å². The Morgan fingerprint density at radius 2 is 1.74 bits per heavy atom. The molecule has 0 saturated heterocycles. The van der Waals surface area contributed by atoms with E-state index in [-0.39, 0.29) is 29.9 Å². The Labute approximate surface area is 207 Å². The average molecular weight is 481 g/mol. The zero-order valence-electron chi connectivity index (χ0n) is 20.8. The van der Waals surface area contributed by atoms with E-state index < -0.39 is 6.09 Å². The largest absolute Gasteiger partial charge is 0.496 e. The van der Waals surface area contributed by atoms with Crippen LogP contribution < -0.4 is 15.8 Å². The van der Waals surface area contributed by atoms with E-state index in [2.05, 4.69) is 22.4 Å². The van der Waals surface area contributed by atoms with E-state index in [9.17, 15) is 9.59 Å². The fourth-order valence-electron chi connectivity index (χ4n) is 4.92. The molecule has 1 fully saturated rings. The minimum atomic E-state index is -0.669. The number of hydrogen-bond acceptors (Lipinski definition) is 4. The van der Waals surface area contributed by atoms with Gasteiger partial charge >= 0.3 is 6.09 Å². The monoisotopic (exact) mass is 480 g/mol. The third-order valence-corrected chi connectivity index (χ3v) is 6.79. The molecule has 0 aromatic heterocycles. The normalized spacial score (nSPS) is 20.1. The number of ether oxygens (including phenoxy) is 2. The third-order valence-electron chi connectivity index (χ3n) is 6.79. The molecular weight excluding hydrogens is 444 g/mol. The molecule has 2 aromatic rings. The second-order valence-electron chi connectivity index (χ2n) is 8.72. The molecule has 35 heavy (non-hydrogen) atoms. The summed E-state index contributed by atoms with van der Waals surface area (Å²) in [4.78, 5) is 30.7. The van der Waals surface area contributed by atoms with E-state index >= 15 is 0 Å². The number of carbonyl (C=O) groups excluding carboxylic acids is 2. The summed E-state index contributed by atoms with van der Waals surface area (Å²) in [6.45, 7) is 5.14. The lowest BCUT2D eigenvalue weighted by Crippen LogP contribution is -2.50. The predicted octanol–water partition coefficient (Wildman–Crippen LogP) is 4.10. The van der Waals surface area contributed by atoms with E-state index in [4.69, 9.17) is 15.2 Å². The van der Waals surface area contributed by atoms with Gasteiger partial charge in [0.1, 0.15) is 5.75 Å². The molecule has 3 rings (SSSR count). The molecule has 1 aliphatic rings. The van der Waals surface area contributed by atoms with Crippen molar-refractivity contribution in [3.8, 4) is 5.75 Å². The molecule has 0 spiro atoms. The van der Waals surface area contributed by atoms with Gasteiger partial charge in [0.05, 0.1) is 19.3 Å². The van der Waals surface area contributed by atoms with Crippen molar-refractivity contribution >= 4 is 18.0 Å². The maximum atomic E-state index is 13.0. The Morgan fingerprint density at radius 1 is 1.09 bits per heavy atom. The lowest BCUT2D eigenvalue weighted by atomic mass is 9.68. The molecule has 0 heterocycles. The highest BCUT2D eigenvalue weighted by molar-refractivity contribution is 5.97. The van der Waals surface area contributed by atoms with Gasteiger partial charge in [-0.2, -0.15) is 0 Å². The Kier molecular flexibility index (Phi) is 9.11. The zero-order chi connectivity index (χ0) is 25.3. The molecule has 8 heteroatoms. The Balaban J connectivity index is 1.76. The average Bonchev–Trinajstić information content (AvgIpc) is 2.89. The van der Waals surface area contributed by atoms with Crippen LogP contribution in [-0.4, -0.2) is 55.7 Å². The smallest absolute Gasteiger partial charge is 0.436 e. The Morgan fingerprint density at radius 3 is 2.37 bits per heavy atom. The molecule has 0 bridgehead atoms. The van der Waals surface area contributed by atoms with Gasteiger partial charge in [-0.25, -0.2) is 4.79 Å². The number of nitrogens with one attached hydrogen (secondary N) is 1. The summed E-state index contributed by atoms with van der Waals surface area (Å²) in [5.41, 5.74) is 7.68. The molecule has 0 radical (unpaired) electrons. The number of para-hydroxylation sites is 1. The first kappa shape index (κ1) is 26.1. The first-order valence-corrected chi connectivity index (χ1v) is 12.2. The highest BCUT2D eigenvalue weighted by Crippen LogP contribution is 2.40. The number of methoxy groups -OCH3 is 1. The highest BCUT2D eigenvalue weighted by atomic mass is 16.5. The number of nitrogens with zero attached hydrogens (tertiary/aromatic N) is 2. The van der Waals surface area contributed by atoms with Gasteiger partial charge in [0.2, 0.25) is 5.96 Å². The summed E-state index contributed by atoms with van der Waals surface area (Å²) in [6, 6.07) is 17.7. The number of rotatable bonds is 8. The number of guanidine groups is 1. The van der Waals surface area contributed by atoms with Crippen molar-refractivity contribution in [2.24, 2.45) is 10.7 Å². The van der Waals surface area contributed by atoms with Crippen LogP contribution in [0.3, 0.4) is 0 Å². The fourth-order valence-corrected chi connectivity index (χ4v) is 4.92. The molecule has 0 aliphatic heterocycles. The summed E-state index contributed by atoms with van der Waals surface area (Å²) >= 11 is 0. The first-order chi connectivity index (χ1) is 16.9. The van der Waals surface area contributed by atoms with E-state index in [0.29, 0.717) is 24.4 Å². The maximum absolute atomic E-state index is 13.0. The summed E-state index contributed by atoms with van der Waals surface area (Å²) in [5.74, 6) is 0.589. The number of aliphatic imine (C=N–C) groups is 1. The SMILES string of the molecule is CCOC(=O)N=C(N)N(CC)C1CCC(CNC(=O)c2ccccc2OC)(c2ccccc2)CC1. The van der Waals surface area contributed by atoms with E-state index in [1.165, 1.54) is 5.56 Å². The molecule has 0 atom stereocenters. The minimum absolute atomic E-state index is 0.152. The number of amides is 2. The van der Waals surface area contributed by atoms with Crippen molar-refractivity contribution in [3.05, 3.63) is 65.7 Å². The van der Waals surface area contributed by atoms with Crippen LogP contribution in [-0.2, 0) is 10.2 Å². The lowest BCUT2D eigenvalue weighted by molar-refractivity contribution is 0.0926. The number of nitrogens with two attached hydrogens (primary N) is 1. The minimum Gasteiger partial charge on any atom is -0.496 e. The quantitative estimate of drug-likeness (QED) is 0.435. The van der Waals surface area contributed by atoms with Gasteiger partial charge in [-0.3, -0.25) is 4.79 Å². The summed E-state index contributed by atoms with van der Waals surface area (Å²) in [5, 5.41) is 3.16. The van der Waals surface area contributed by atoms with Crippen molar-refractivity contribution < 1.29 is 19.1 Å². The summed E-state index contributed by atoms with van der Waals surface area (Å²) in [6.07, 6.45) is 2.75. The van der Waals surface area contributed by atoms with Crippen LogP contribution in [0.5, 0.6) is 5.75 Å². The summed E-state index contributed by atoms with van der Waals surface area (Å²) in [7, 11) is 1.56. The Bertz CT molecular complexity index is 1020. The number of hydrogen-bond donors (Lipinski definition) is 2. The van der Waals surface area contributed by atoms with Crippen molar-refractivity contribution in [3.63, 3.8) is 0 Å². The molecule has 1 aliphatic carbocycles. The highest BCUT2D eigenvalue weighted by Gasteiger charge is 2.39. The van der Waals surface area contributed by atoms with Crippen LogP contribution >= 0.6 is 0 Å². The molecule has 2 amide bonds. The molecule has 2 aromatic carbocycles. The number of benzene rings is 2. The van der Waals surface area contributed by atoms with Gasteiger partial charge < -0.3 is 25.4 Å². The van der Waals surface area contributed by atoms with Crippen LogP contribution in [0.1, 0.15) is 55.5 Å². The summed E-state index contributed by atoms with van der Waals surface area (Å²) < 4.78 is 10.3. The van der Waals surface area contributed by atoms with Crippen molar-refractivity contribution in [2.75, 3.05) is 26.8 Å². The van der Waals surface area contributed by atoms with Crippen LogP contribution in [0.2, 0.25) is 0 Å². The molecule has 8 nitrogen and oxygen atoms in total. The van der Waals surface area contributed by atoms with Crippen LogP contribution in [0.25, 0.3) is 0 Å². The lowest BCUT2D eigenvalue weighted by Gasteiger charge is -2.44. The first-order valence-electron chi connectivity index (χ1n) is 12.2. The van der Waals surface area contributed by atoms with Gasteiger partial charge in [0.15, 0.2) is 0 Å². The molecule has 3 N–H and O–H groups in total. The Hall–Kier alpha value is -3.55. The van der Waals surface area contributed by atoms with Gasteiger partial charge in [-0.05, 0) is 57.2 Å². The van der Waals surface area contributed by atoms with Gasteiger partial charge in [0.25, 0.3) is 5.91 Å². The second kappa shape index (κ2) is 12.2. The topological polar surface area (TPSA) is 106 Å². The van der Waals surface area contributed by atoms with Crippen molar-refractivity contribution in [1.29, 1.82) is 0 Å². The van der Waals surface area contributed by atoms with Crippen molar-refractivity contribution in [1.82, 2.24) is 10.2 Å². The standard InChI is InChI=1S/C27H36N4O4/c1-4-31(25(28)30-26(33)35-5-2)21-15-17-27(18-16-21,20-11-7-6-8-12-20)19-29-24(32)22-13-9-10-14-23(22)34-3/h6-14,21H,4-5,15-19H2,1-3H3,(H,29,32)(H2,28,30,33). The van der Waals surface area contributed by atoms with E-state index in [1.807, 2.05) is 42.2 Å². The van der Waals surface area contributed by atoms with Crippen LogP contribution in [0, 0.1) is 0 Å². The maximum Gasteiger partial charge on any atom is 0.436 e. The second-order valence-corrected chi connectivity index (χ2v) is 8.72. The van der Waals surface area contributed by atoms with Gasteiger partial charge in [0, 0.05) is 24.5 Å². The fraction of sp³-hybridized carbons (Fsp3) is 0.444. The van der Waals surface area contributed by atoms with Crippen molar-refractivity contribution in [2.45, 2.75) is 51.0 Å². The number of carbonyl (C=O) groups is 2. The molecule has 1 saturated carbocycles. The molecular formula is C27H36N4O4.